The van der Waals surface area contributed by atoms with E-state index >= 15 is 0 Å². The second-order valence-corrected chi connectivity index (χ2v) is 7.77. The lowest BCUT2D eigenvalue weighted by Crippen LogP contribution is -2.40. The number of amides is 1. The second-order valence-electron chi connectivity index (χ2n) is 6.77. The van der Waals surface area contributed by atoms with Crippen LogP contribution in [0.1, 0.15) is 25.2 Å². The number of likely N-dealkylation sites (N-methyl/N-ethyl adjacent to an activating group) is 1. The van der Waals surface area contributed by atoms with Gasteiger partial charge in [-0.05, 0) is 51.2 Å². The molecule has 6 nitrogen and oxygen atoms in total. The lowest BCUT2D eigenvalue weighted by atomic mass is 10.3. The summed E-state index contributed by atoms with van der Waals surface area (Å²) in [5.74, 6) is -0.371. The fraction of sp³-hybridized carbons (Fsp3) is 0.450. The fourth-order valence-corrected chi connectivity index (χ4v) is 4.19. The van der Waals surface area contributed by atoms with Crippen molar-refractivity contribution in [2.75, 3.05) is 31.1 Å². The number of nitrogens with zero attached hydrogens (tertiary/aromatic N) is 5. The Hall–Kier alpha value is -2.32. The summed E-state index contributed by atoms with van der Waals surface area (Å²) in [6.07, 6.45) is 0. The predicted molar refractivity (Wildman–Crippen MR) is 111 cm³/mol. The van der Waals surface area contributed by atoms with Gasteiger partial charge in [-0.2, -0.15) is 5.10 Å². The molecule has 0 unspecified atom stereocenters. The lowest BCUT2D eigenvalue weighted by molar-refractivity contribution is -0.119. The molecule has 1 aromatic carbocycles. The van der Waals surface area contributed by atoms with Crippen molar-refractivity contribution in [2.24, 2.45) is 0 Å². The minimum Gasteiger partial charge on any atom is -0.302 e. The number of rotatable bonds is 8. The van der Waals surface area contributed by atoms with Gasteiger partial charge in [0.25, 0.3) is 5.91 Å². The third-order valence-electron chi connectivity index (χ3n) is 4.79. The first kappa shape index (κ1) is 20.4. The van der Waals surface area contributed by atoms with Crippen molar-refractivity contribution in [3.8, 4) is 0 Å². The largest absolute Gasteiger partial charge is 0.302 e. The molecular formula is C20H26FN5OS. The first-order valence-electron chi connectivity index (χ1n) is 9.51. The van der Waals surface area contributed by atoms with E-state index in [4.69, 9.17) is 0 Å². The minimum atomic E-state index is -0.300. The number of thiazole rings is 1. The van der Waals surface area contributed by atoms with Crippen molar-refractivity contribution >= 4 is 32.6 Å². The molecule has 1 amide bonds. The molecule has 8 heteroatoms. The Labute approximate surface area is 168 Å². The zero-order valence-electron chi connectivity index (χ0n) is 16.8. The normalized spacial score (nSPS) is 11.5. The Kier molecular flexibility index (Phi) is 6.41. The molecule has 3 aromatic rings. The summed E-state index contributed by atoms with van der Waals surface area (Å²) in [6.45, 7) is 11.3. The number of hydrogen-bond donors (Lipinski definition) is 0. The molecule has 0 aliphatic heterocycles. The number of benzene rings is 1. The number of fused-ring (bicyclic) bond motifs is 1. The van der Waals surface area contributed by atoms with E-state index in [0.29, 0.717) is 17.2 Å². The third-order valence-corrected chi connectivity index (χ3v) is 5.83. The number of aromatic nitrogens is 3. The number of aryl methyl sites for hydroxylation is 2. The highest BCUT2D eigenvalue weighted by Gasteiger charge is 2.22. The molecule has 0 spiro atoms. The molecule has 3 rings (SSSR count). The van der Waals surface area contributed by atoms with Crippen LogP contribution < -0.4 is 4.90 Å². The molecule has 0 fully saturated rings. The van der Waals surface area contributed by atoms with Gasteiger partial charge in [0.2, 0.25) is 0 Å². The highest BCUT2D eigenvalue weighted by molar-refractivity contribution is 7.22. The Morgan fingerprint density at radius 2 is 1.93 bits per heavy atom. The average molecular weight is 404 g/mol. The van der Waals surface area contributed by atoms with Crippen molar-refractivity contribution in [1.29, 1.82) is 0 Å². The number of carbonyl (C=O) groups excluding carboxylic acids is 1. The molecule has 28 heavy (non-hydrogen) atoms. The van der Waals surface area contributed by atoms with Crippen molar-refractivity contribution in [3.05, 3.63) is 41.5 Å². The Bertz CT molecular complexity index is 963. The average Bonchev–Trinajstić information content (AvgIpc) is 3.20. The molecule has 0 saturated heterocycles. The Morgan fingerprint density at radius 3 is 2.57 bits per heavy atom. The van der Waals surface area contributed by atoms with Gasteiger partial charge in [0.1, 0.15) is 12.4 Å². The van der Waals surface area contributed by atoms with Gasteiger partial charge < -0.3 is 4.90 Å². The Morgan fingerprint density at radius 1 is 1.18 bits per heavy atom. The topological polar surface area (TPSA) is 54.3 Å². The molecule has 0 saturated carbocycles. The van der Waals surface area contributed by atoms with Crippen LogP contribution in [0.5, 0.6) is 0 Å². The third kappa shape index (κ3) is 4.56. The van der Waals surface area contributed by atoms with Crippen LogP contribution in [0.25, 0.3) is 10.2 Å². The molecule has 0 aliphatic rings. The van der Waals surface area contributed by atoms with Gasteiger partial charge in [0.05, 0.1) is 15.9 Å². The maximum Gasteiger partial charge on any atom is 0.250 e. The summed E-state index contributed by atoms with van der Waals surface area (Å²) in [7, 11) is 0. The molecule has 2 heterocycles. The molecule has 150 valence electrons. The Balaban J connectivity index is 1.88. The van der Waals surface area contributed by atoms with E-state index in [1.54, 1.807) is 15.6 Å². The van der Waals surface area contributed by atoms with Gasteiger partial charge in [-0.15, -0.1) is 0 Å². The van der Waals surface area contributed by atoms with Gasteiger partial charge >= 0.3 is 0 Å². The maximum atomic E-state index is 13.6. The van der Waals surface area contributed by atoms with Crippen LogP contribution in [0.4, 0.5) is 9.52 Å². The first-order chi connectivity index (χ1) is 13.4. The second kappa shape index (κ2) is 8.79. The molecule has 0 radical (unpaired) electrons. The van der Waals surface area contributed by atoms with Crippen molar-refractivity contribution in [1.82, 2.24) is 19.7 Å². The quantitative estimate of drug-likeness (QED) is 0.576. The number of anilines is 1. The van der Waals surface area contributed by atoms with Gasteiger partial charge in [0.15, 0.2) is 5.13 Å². The van der Waals surface area contributed by atoms with Crippen LogP contribution in [-0.2, 0) is 11.3 Å². The van der Waals surface area contributed by atoms with Crippen LogP contribution in [0.15, 0.2) is 24.3 Å². The summed E-state index contributed by atoms with van der Waals surface area (Å²) in [5, 5.41) is 5.00. The van der Waals surface area contributed by atoms with Gasteiger partial charge in [0, 0.05) is 18.8 Å². The van der Waals surface area contributed by atoms with Crippen molar-refractivity contribution < 1.29 is 9.18 Å². The summed E-state index contributed by atoms with van der Waals surface area (Å²) in [4.78, 5) is 21.7. The highest BCUT2D eigenvalue weighted by atomic mass is 32.1. The van der Waals surface area contributed by atoms with Crippen LogP contribution >= 0.6 is 11.3 Å². The van der Waals surface area contributed by atoms with Crippen LogP contribution in [0.3, 0.4) is 0 Å². The standard InChI is InChI=1S/C20H26FN5OS/c1-5-24(6-2)9-10-25(19(27)13-26-15(4)11-14(3)23-26)20-22-17-8-7-16(21)12-18(17)28-20/h7-8,11-12H,5-6,9-10,13H2,1-4H3. The van der Waals surface area contributed by atoms with Crippen LogP contribution in [0.2, 0.25) is 0 Å². The van der Waals surface area contributed by atoms with E-state index in [9.17, 15) is 9.18 Å². The molecule has 0 N–H and O–H groups in total. The van der Waals surface area contributed by atoms with Crippen molar-refractivity contribution in [3.63, 3.8) is 0 Å². The minimum absolute atomic E-state index is 0.0714. The van der Waals surface area contributed by atoms with E-state index in [1.807, 2.05) is 19.9 Å². The van der Waals surface area contributed by atoms with Gasteiger partial charge in [-0.25, -0.2) is 9.37 Å². The predicted octanol–water partition coefficient (Wildman–Crippen LogP) is 3.62. The molecule has 0 atom stereocenters. The van der Waals surface area contributed by atoms with E-state index in [-0.39, 0.29) is 18.3 Å². The number of carbonyl (C=O) groups is 1. The first-order valence-corrected chi connectivity index (χ1v) is 10.3. The smallest absolute Gasteiger partial charge is 0.250 e. The summed E-state index contributed by atoms with van der Waals surface area (Å²) in [6, 6.07) is 6.46. The molecular weight excluding hydrogens is 377 g/mol. The zero-order chi connectivity index (χ0) is 20.3. The van der Waals surface area contributed by atoms with Gasteiger partial charge in [-0.3, -0.25) is 14.4 Å². The van der Waals surface area contributed by atoms with E-state index in [0.717, 1.165) is 35.7 Å². The van der Waals surface area contributed by atoms with Crippen molar-refractivity contribution in [2.45, 2.75) is 34.2 Å². The summed E-state index contributed by atoms with van der Waals surface area (Å²) < 4.78 is 16.0. The highest BCUT2D eigenvalue weighted by Crippen LogP contribution is 2.29. The SMILES string of the molecule is CCN(CC)CCN(C(=O)Cn1nc(C)cc1C)c1nc2ccc(F)cc2s1. The van der Waals surface area contributed by atoms with E-state index in [1.165, 1.54) is 23.5 Å². The molecule has 2 aromatic heterocycles. The van der Waals surface area contributed by atoms with E-state index < -0.39 is 0 Å². The monoisotopic (exact) mass is 403 g/mol. The maximum absolute atomic E-state index is 13.6. The van der Waals surface area contributed by atoms with Gasteiger partial charge in [-0.1, -0.05) is 25.2 Å². The fourth-order valence-electron chi connectivity index (χ4n) is 3.16. The summed E-state index contributed by atoms with van der Waals surface area (Å²) >= 11 is 1.34. The van der Waals surface area contributed by atoms with Crippen LogP contribution in [-0.4, -0.2) is 51.8 Å². The summed E-state index contributed by atoms with van der Waals surface area (Å²) in [5.41, 5.74) is 2.53. The van der Waals surface area contributed by atoms with Crippen LogP contribution in [0, 0.1) is 19.7 Å². The lowest BCUT2D eigenvalue weighted by Gasteiger charge is -2.24. The van der Waals surface area contributed by atoms with E-state index in [2.05, 4.69) is 28.8 Å². The molecule has 0 bridgehead atoms. The molecule has 0 aliphatic carbocycles. The number of hydrogen-bond acceptors (Lipinski definition) is 5. The zero-order valence-corrected chi connectivity index (χ0v) is 17.6. The number of halogens is 1.